The molecule has 3 heterocycles. The normalized spacial score (nSPS) is 15.8. The van der Waals surface area contributed by atoms with E-state index in [1.165, 1.54) is 6.07 Å². The van der Waals surface area contributed by atoms with Gasteiger partial charge in [-0.15, -0.1) is 0 Å². The number of fused-ring (bicyclic) bond motifs is 1. The number of halogens is 1. The monoisotopic (exact) mass is 450 g/mol. The molecule has 172 valence electrons. The molecule has 1 aliphatic rings. The van der Waals surface area contributed by atoms with E-state index in [1.807, 2.05) is 6.07 Å². The van der Waals surface area contributed by atoms with Crippen LogP contribution in [-0.4, -0.2) is 50.0 Å². The first-order valence-corrected chi connectivity index (χ1v) is 11.2. The number of aromatic carboxylic acids is 1. The Balaban J connectivity index is 1.77. The lowest BCUT2D eigenvalue weighted by molar-refractivity contribution is 0.0696. The third-order valence-electron chi connectivity index (χ3n) is 6.67. The summed E-state index contributed by atoms with van der Waals surface area (Å²) in [5, 5.41) is 19.8. The van der Waals surface area contributed by atoms with Crippen molar-refractivity contribution in [2.24, 2.45) is 13.0 Å². The average Bonchev–Trinajstić information content (AvgIpc) is 3.32. The lowest BCUT2D eigenvalue weighted by Crippen LogP contribution is -2.38. The van der Waals surface area contributed by atoms with Crippen molar-refractivity contribution in [2.75, 3.05) is 24.6 Å². The number of aromatic nitrogens is 3. The predicted octanol–water partition coefficient (Wildman–Crippen LogP) is 4.43. The fourth-order valence-corrected chi connectivity index (χ4v) is 5.07. The summed E-state index contributed by atoms with van der Waals surface area (Å²) in [7, 11) is 1.76. The number of benzene rings is 2. The van der Waals surface area contributed by atoms with E-state index < -0.39 is 11.8 Å². The second-order valence-electron chi connectivity index (χ2n) is 9.07. The zero-order valence-electron chi connectivity index (χ0n) is 18.9. The van der Waals surface area contributed by atoms with Crippen molar-refractivity contribution in [1.29, 1.82) is 0 Å². The molecule has 2 aromatic heterocycles. The number of hydrogen-bond acceptors (Lipinski definition) is 4. The summed E-state index contributed by atoms with van der Waals surface area (Å²) < 4.78 is 18.9. The van der Waals surface area contributed by atoms with E-state index in [9.17, 15) is 19.4 Å². The van der Waals surface area contributed by atoms with Crippen LogP contribution in [0.15, 0.2) is 36.4 Å². The topological polar surface area (TPSA) is 83.5 Å². The third-order valence-corrected chi connectivity index (χ3v) is 6.67. The van der Waals surface area contributed by atoms with Crippen molar-refractivity contribution in [3.63, 3.8) is 0 Å². The number of carboxylic acid groups (broad SMARTS) is 1. The number of anilines is 1. The molecule has 5 rings (SSSR count). The maximum Gasteiger partial charge on any atom is 0.335 e. The highest BCUT2D eigenvalue weighted by Gasteiger charge is 2.32. The van der Waals surface area contributed by atoms with E-state index in [4.69, 9.17) is 4.98 Å². The van der Waals surface area contributed by atoms with Crippen molar-refractivity contribution in [2.45, 2.75) is 26.3 Å². The van der Waals surface area contributed by atoms with Gasteiger partial charge in [-0.1, -0.05) is 26.0 Å². The van der Waals surface area contributed by atoms with E-state index in [2.05, 4.69) is 41.5 Å². The number of aliphatic hydroxyl groups is 1. The molecule has 0 saturated carbocycles. The van der Waals surface area contributed by atoms with Crippen LogP contribution >= 0.6 is 0 Å². The van der Waals surface area contributed by atoms with E-state index >= 15 is 0 Å². The molecular formula is C25H27FN4O3. The van der Waals surface area contributed by atoms with Gasteiger partial charge in [0.1, 0.15) is 11.3 Å². The number of aryl methyl sites for hydroxylation is 1. The number of carboxylic acids is 1. The standard InChI is InChI=1S/C25H27FN4O3/c1-14(2)21-13-29(8-5-9-31)19-7-4-6-15-12-20(30(21)22(15)19)24-27-18-11-16(25(32)33)10-17(26)23(18)28(24)3/h4,6-7,10-12,14,21,31H,5,8-9,13H2,1-3H3,(H,32,33). The summed E-state index contributed by atoms with van der Waals surface area (Å²) in [6.07, 6.45) is 0.699. The maximum atomic E-state index is 14.9. The Bertz CT molecular complexity index is 1390. The van der Waals surface area contributed by atoms with Crippen LogP contribution in [-0.2, 0) is 7.05 Å². The molecule has 0 amide bonds. The number of imidazole rings is 1. The van der Waals surface area contributed by atoms with Crippen molar-refractivity contribution in [3.8, 4) is 11.5 Å². The van der Waals surface area contributed by atoms with Crippen molar-refractivity contribution >= 4 is 33.6 Å². The van der Waals surface area contributed by atoms with Gasteiger partial charge in [-0.2, -0.15) is 0 Å². The van der Waals surface area contributed by atoms with Gasteiger partial charge in [0.2, 0.25) is 0 Å². The van der Waals surface area contributed by atoms with Crippen LogP contribution in [0.2, 0.25) is 0 Å². The second kappa shape index (κ2) is 7.88. The van der Waals surface area contributed by atoms with Gasteiger partial charge in [-0.05, 0) is 36.6 Å². The highest BCUT2D eigenvalue weighted by Crippen LogP contribution is 2.43. The van der Waals surface area contributed by atoms with Crippen molar-refractivity contribution in [3.05, 3.63) is 47.8 Å². The van der Waals surface area contributed by atoms with Crippen molar-refractivity contribution in [1.82, 2.24) is 14.1 Å². The minimum atomic E-state index is -1.18. The number of aliphatic hydroxyl groups excluding tert-OH is 1. The molecule has 7 nitrogen and oxygen atoms in total. The number of rotatable bonds is 6. The molecule has 0 fully saturated rings. The van der Waals surface area contributed by atoms with Gasteiger partial charge in [0.15, 0.2) is 5.82 Å². The van der Waals surface area contributed by atoms with Crippen LogP contribution in [0, 0.1) is 11.7 Å². The molecule has 0 saturated heterocycles. The maximum absolute atomic E-state index is 14.9. The number of nitrogens with zero attached hydrogens (tertiary/aromatic N) is 4. The smallest absolute Gasteiger partial charge is 0.335 e. The van der Waals surface area contributed by atoms with E-state index in [1.54, 1.807) is 11.6 Å². The van der Waals surface area contributed by atoms with Crippen LogP contribution < -0.4 is 4.90 Å². The summed E-state index contributed by atoms with van der Waals surface area (Å²) in [5.41, 5.74) is 3.59. The Morgan fingerprint density at radius 1 is 1.24 bits per heavy atom. The average molecular weight is 451 g/mol. The number of para-hydroxylation sites is 1. The minimum Gasteiger partial charge on any atom is -0.478 e. The lowest BCUT2D eigenvalue weighted by atomic mass is 9.99. The predicted molar refractivity (Wildman–Crippen MR) is 126 cm³/mol. The second-order valence-corrected chi connectivity index (χ2v) is 9.07. The Morgan fingerprint density at radius 3 is 2.73 bits per heavy atom. The molecule has 2 N–H and O–H groups in total. The van der Waals surface area contributed by atoms with Gasteiger partial charge in [0.25, 0.3) is 0 Å². The molecular weight excluding hydrogens is 423 g/mol. The first kappa shape index (κ1) is 21.5. The molecule has 0 bridgehead atoms. The molecule has 4 aromatic rings. The summed E-state index contributed by atoms with van der Waals surface area (Å²) >= 11 is 0. The minimum absolute atomic E-state index is 0.117. The van der Waals surface area contributed by atoms with Gasteiger partial charge < -0.3 is 24.2 Å². The largest absolute Gasteiger partial charge is 0.478 e. The van der Waals surface area contributed by atoms with Gasteiger partial charge in [0.05, 0.1) is 34.0 Å². The van der Waals surface area contributed by atoms with Crippen LogP contribution in [0.5, 0.6) is 0 Å². The van der Waals surface area contributed by atoms with E-state index in [0.717, 1.165) is 41.4 Å². The summed E-state index contributed by atoms with van der Waals surface area (Å²) in [6.45, 7) is 6.09. The SMILES string of the molecule is CC(C)C1CN(CCCO)c2cccc3cc(-c4nc5cc(C(=O)O)cc(F)c5n4C)n1c23. The van der Waals surface area contributed by atoms with E-state index in [-0.39, 0.29) is 23.7 Å². The Hall–Kier alpha value is -3.39. The number of carbonyl (C=O) groups is 1. The van der Waals surface area contributed by atoms with Gasteiger partial charge in [0, 0.05) is 32.1 Å². The lowest BCUT2D eigenvalue weighted by Gasteiger charge is -2.39. The molecule has 0 aliphatic carbocycles. The summed E-state index contributed by atoms with van der Waals surface area (Å²) in [6, 6.07) is 10.9. The highest BCUT2D eigenvalue weighted by atomic mass is 19.1. The van der Waals surface area contributed by atoms with Crippen LogP contribution in [0.25, 0.3) is 33.5 Å². The van der Waals surface area contributed by atoms with E-state index in [0.29, 0.717) is 23.7 Å². The first-order valence-electron chi connectivity index (χ1n) is 11.2. The molecule has 0 radical (unpaired) electrons. The molecule has 1 aliphatic heterocycles. The molecule has 2 aromatic carbocycles. The highest BCUT2D eigenvalue weighted by molar-refractivity contribution is 5.98. The van der Waals surface area contributed by atoms with Crippen LogP contribution in [0.3, 0.4) is 0 Å². The van der Waals surface area contributed by atoms with Crippen LogP contribution in [0.4, 0.5) is 10.1 Å². The Labute approximate surface area is 190 Å². The zero-order chi connectivity index (χ0) is 23.4. The molecule has 0 spiro atoms. The quantitative estimate of drug-likeness (QED) is 0.454. The molecule has 33 heavy (non-hydrogen) atoms. The van der Waals surface area contributed by atoms with Crippen LogP contribution in [0.1, 0.15) is 36.7 Å². The third kappa shape index (κ3) is 3.28. The Kier molecular flexibility index (Phi) is 5.12. The van der Waals surface area contributed by atoms with Gasteiger partial charge in [-0.25, -0.2) is 14.2 Å². The van der Waals surface area contributed by atoms with Crippen molar-refractivity contribution < 1.29 is 19.4 Å². The fraction of sp³-hybridized carbons (Fsp3) is 0.360. The first-order chi connectivity index (χ1) is 15.8. The fourth-order valence-electron chi connectivity index (χ4n) is 5.07. The summed E-state index contributed by atoms with van der Waals surface area (Å²) in [5.74, 6) is -0.853. The summed E-state index contributed by atoms with van der Waals surface area (Å²) in [4.78, 5) is 18.5. The molecule has 1 unspecified atom stereocenters. The molecule has 8 heteroatoms. The zero-order valence-corrected chi connectivity index (χ0v) is 18.9. The molecule has 1 atom stereocenters. The number of hydrogen-bond donors (Lipinski definition) is 2. The Morgan fingerprint density at radius 2 is 2.03 bits per heavy atom. The van der Waals surface area contributed by atoms with Gasteiger partial charge in [-0.3, -0.25) is 0 Å². The van der Waals surface area contributed by atoms with Gasteiger partial charge >= 0.3 is 5.97 Å².